The van der Waals surface area contributed by atoms with Crippen LogP contribution in [0.15, 0.2) is 51.9 Å². The van der Waals surface area contributed by atoms with E-state index in [2.05, 4.69) is 26.2 Å². The van der Waals surface area contributed by atoms with E-state index in [4.69, 9.17) is 4.84 Å². The molecule has 3 rings (SSSR count). The van der Waals surface area contributed by atoms with Gasteiger partial charge in [-0.15, -0.1) is 0 Å². The Labute approximate surface area is 157 Å². The van der Waals surface area contributed by atoms with Crippen LogP contribution in [-0.4, -0.2) is 29.6 Å². The highest BCUT2D eigenvalue weighted by Gasteiger charge is 2.38. The van der Waals surface area contributed by atoms with E-state index in [1.807, 2.05) is 24.3 Å². The molecule has 1 atom stereocenters. The van der Waals surface area contributed by atoms with Gasteiger partial charge < -0.3 is 5.32 Å². The van der Waals surface area contributed by atoms with Gasteiger partial charge in [-0.25, -0.2) is 23.7 Å². The van der Waals surface area contributed by atoms with Gasteiger partial charge in [0, 0.05) is 23.2 Å². The number of amidine groups is 1. The molecule has 0 aliphatic carbocycles. The van der Waals surface area contributed by atoms with Gasteiger partial charge in [-0.05, 0) is 31.2 Å². The van der Waals surface area contributed by atoms with Crippen molar-refractivity contribution in [2.75, 3.05) is 12.4 Å². The number of nitrogens with one attached hydrogen (secondary N) is 1. The molecule has 1 unspecified atom stereocenters. The highest BCUT2D eigenvalue weighted by atomic mass is 79.9. The van der Waals surface area contributed by atoms with Crippen molar-refractivity contribution >= 4 is 33.4 Å². The van der Waals surface area contributed by atoms with Crippen LogP contribution in [0.5, 0.6) is 0 Å². The smallest absolute Gasteiger partial charge is 0.229 e. The monoisotopic (exact) mass is 423 g/mol. The molecular formula is C18H16BrF2N3O2. The molecule has 1 aliphatic rings. The van der Waals surface area contributed by atoms with Crippen molar-refractivity contribution in [2.45, 2.75) is 19.1 Å². The number of carbonyl (C=O) groups is 1. The molecular weight excluding hydrogens is 408 g/mol. The first kappa shape index (κ1) is 18.5. The average Bonchev–Trinajstić information content (AvgIpc) is 2.84. The topological polar surface area (TPSA) is 53.9 Å². The van der Waals surface area contributed by atoms with Gasteiger partial charge >= 0.3 is 0 Å². The summed E-state index contributed by atoms with van der Waals surface area (Å²) in [6, 6.07) is 10.5. The van der Waals surface area contributed by atoms with Crippen LogP contribution in [0.3, 0.4) is 0 Å². The first-order valence-electron chi connectivity index (χ1n) is 7.79. The van der Waals surface area contributed by atoms with E-state index in [1.165, 1.54) is 11.1 Å². The molecule has 0 saturated carbocycles. The Morgan fingerprint density at radius 1 is 1.31 bits per heavy atom. The predicted octanol–water partition coefficient (Wildman–Crippen LogP) is 4.10. The van der Waals surface area contributed by atoms with E-state index in [9.17, 15) is 13.6 Å². The van der Waals surface area contributed by atoms with E-state index >= 15 is 0 Å². The van der Waals surface area contributed by atoms with Gasteiger partial charge in [-0.3, -0.25) is 4.79 Å². The Morgan fingerprint density at radius 3 is 2.77 bits per heavy atom. The minimum absolute atomic E-state index is 0.0949. The quantitative estimate of drug-likeness (QED) is 0.805. The maximum Gasteiger partial charge on any atom is 0.229 e. The number of benzene rings is 2. The number of hydrogen-bond donors (Lipinski definition) is 1. The molecule has 1 heterocycles. The molecule has 0 bridgehead atoms. The summed E-state index contributed by atoms with van der Waals surface area (Å²) in [6.07, 6.45) is -0.133. The molecule has 2 aromatic carbocycles. The van der Waals surface area contributed by atoms with Gasteiger partial charge in [-0.2, -0.15) is 0 Å². The standard InChI is InChI=1S/C18H16BrF2N3O2/c1-18(10-16(25)22-15-7-6-13(20)9-14(15)21)23-17(24(2)26-18)11-4-3-5-12(19)8-11/h3-9H,10H2,1-2H3,(H,22,25). The molecule has 0 saturated heterocycles. The molecule has 136 valence electrons. The minimum atomic E-state index is -1.13. The van der Waals surface area contributed by atoms with Gasteiger partial charge in [0.05, 0.1) is 12.1 Å². The van der Waals surface area contributed by atoms with Crippen molar-refractivity contribution in [2.24, 2.45) is 4.99 Å². The Bertz CT molecular complexity index is 890. The number of anilines is 1. The largest absolute Gasteiger partial charge is 0.323 e. The normalized spacial score (nSPS) is 19.4. The first-order chi connectivity index (χ1) is 12.3. The van der Waals surface area contributed by atoms with Crippen LogP contribution in [0.1, 0.15) is 18.9 Å². The highest BCUT2D eigenvalue weighted by Crippen LogP contribution is 2.29. The van der Waals surface area contributed by atoms with Crippen molar-refractivity contribution in [3.63, 3.8) is 0 Å². The van der Waals surface area contributed by atoms with Crippen LogP contribution < -0.4 is 5.32 Å². The molecule has 0 fully saturated rings. The lowest BCUT2D eigenvalue weighted by atomic mass is 10.1. The summed E-state index contributed by atoms with van der Waals surface area (Å²) in [6.45, 7) is 1.66. The van der Waals surface area contributed by atoms with E-state index in [0.29, 0.717) is 11.9 Å². The van der Waals surface area contributed by atoms with Crippen molar-refractivity contribution in [1.29, 1.82) is 0 Å². The third-order valence-electron chi connectivity index (χ3n) is 3.75. The maximum absolute atomic E-state index is 13.7. The zero-order chi connectivity index (χ0) is 18.9. The molecule has 0 aromatic heterocycles. The number of rotatable bonds is 4. The third kappa shape index (κ3) is 4.08. The second kappa shape index (κ2) is 7.13. The average molecular weight is 424 g/mol. The molecule has 26 heavy (non-hydrogen) atoms. The van der Waals surface area contributed by atoms with Gasteiger partial charge in [0.15, 0.2) is 11.6 Å². The first-order valence-corrected chi connectivity index (χ1v) is 8.59. The number of carbonyl (C=O) groups excluding carboxylic acids is 1. The van der Waals surface area contributed by atoms with E-state index < -0.39 is 23.3 Å². The Balaban J connectivity index is 1.75. The van der Waals surface area contributed by atoms with Crippen LogP contribution in [0, 0.1) is 11.6 Å². The summed E-state index contributed by atoms with van der Waals surface area (Å²) in [5.74, 6) is -1.47. The van der Waals surface area contributed by atoms with Crippen LogP contribution >= 0.6 is 15.9 Å². The van der Waals surface area contributed by atoms with Crippen LogP contribution in [0.2, 0.25) is 0 Å². The SMILES string of the molecule is CN1OC(C)(CC(=O)Nc2ccc(F)cc2F)N=C1c1cccc(Br)c1. The van der Waals surface area contributed by atoms with E-state index in [1.54, 1.807) is 14.0 Å². The number of halogens is 3. The fourth-order valence-electron chi connectivity index (χ4n) is 2.68. The Hall–Kier alpha value is -2.32. The number of amides is 1. The van der Waals surface area contributed by atoms with Crippen molar-refractivity contribution in [1.82, 2.24) is 5.06 Å². The van der Waals surface area contributed by atoms with Gasteiger partial charge in [-0.1, -0.05) is 28.1 Å². The lowest BCUT2D eigenvalue weighted by Gasteiger charge is -2.21. The van der Waals surface area contributed by atoms with Crippen molar-refractivity contribution in [3.05, 3.63) is 64.1 Å². The summed E-state index contributed by atoms with van der Waals surface area (Å²) in [7, 11) is 1.70. The summed E-state index contributed by atoms with van der Waals surface area (Å²) in [5.41, 5.74) is -0.398. The van der Waals surface area contributed by atoms with Crippen molar-refractivity contribution < 1.29 is 18.4 Å². The van der Waals surface area contributed by atoms with Crippen LogP contribution in [0.25, 0.3) is 0 Å². The van der Waals surface area contributed by atoms with Gasteiger partial charge in [0.1, 0.15) is 11.6 Å². The summed E-state index contributed by atoms with van der Waals surface area (Å²) in [4.78, 5) is 22.5. The molecule has 0 spiro atoms. The van der Waals surface area contributed by atoms with Crippen LogP contribution in [0.4, 0.5) is 14.5 Å². The predicted molar refractivity (Wildman–Crippen MR) is 97.5 cm³/mol. The van der Waals surface area contributed by atoms with Gasteiger partial charge in [0.2, 0.25) is 5.91 Å². The number of hydroxylamine groups is 2. The third-order valence-corrected chi connectivity index (χ3v) is 4.24. The fourth-order valence-corrected chi connectivity index (χ4v) is 3.08. The van der Waals surface area contributed by atoms with E-state index in [-0.39, 0.29) is 12.1 Å². The zero-order valence-electron chi connectivity index (χ0n) is 14.1. The molecule has 5 nitrogen and oxygen atoms in total. The lowest BCUT2D eigenvalue weighted by molar-refractivity contribution is -0.164. The Morgan fingerprint density at radius 2 is 2.08 bits per heavy atom. The van der Waals surface area contributed by atoms with E-state index in [0.717, 1.165) is 16.1 Å². The molecule has 0 radical (unpaired) electrons. The molecule has 1 N–H and O–H groups in total. The molecule has 1 amide bonds. The van der Waals surface area contributed by atoms with Crippen LogP contribution in [-0.2, 0) is 9.63 Å². The lowest BCUT2D eigenvalue weighted by Crippen LogP contribution is -2.32. The highest BCUT2D eigenvalue weighted by molar-refractivity contribution is 9.10. The number of aliphatic imine (C=N–C) groups is 1. The van der Waals surface area contributed by atoms with Crippen molar-refractivity contribution in [3.8, 4) is 0 Å². The Kier molecular flexibility index (Phi) is 5.06. The summed E-state index contributed by atoms with van der Waals surface area (Å²) < 4.78 is 27.5. The second-order valence-electron chi connectivity index (χ2n) is 6.06. The summed E-state index contributed by atoms with van der Waals surface area (Å²) in [5, 5.41) is 3.91. The maximum atomic E-state index is 13.7. The second-order valence-corrected chi connectivity index (χ2v) is 6.97. The fraction of sp³-hybridized carbons (Fsp3) is 0.222. The number of nitrogens with zero attached hydrogens (tertiary/aromatic N) is 2. The molecule has 2 aromatic rings. The minimum Gasteiger partial charge on any atom is -0.323 e. The molecule has 1 aliphatic heterocycles. The van der Waals surface area contributed by atoms with Gasteiger partial charge in [0.25, 0.3) is 0 Å². The number of hydrogen-bond acceptors (Lipinski definition) is 4. The molecule has 8 heteroatoms. The summed E-state index contributed by atoms with van der Waals surface area (Å²) >= 11 is 3.41. The zero-order valence-corrected chi connectivity index (χ0v) is 15.7.